The molecule has 1 fully saturated rings. The third-order valence-corrected chi connectivity index (χ3v) is 4.00. The van der Waals surface area contributed by atoms with Gasteiger partial charge in [-0.2, -0.15) is 0 Å². The summed E-state index contributed by atoms with van der Waals surface area (Å²) in [7, 11) is 0. The number of hydrogen-bond donors (Lipinski definition) is 3. The maximum absolute atomic E-state index is 9.97. The molecule has 0 aromatic heterocycles. The Kier molecular flexibility index (Phi) is 7.09. The first-order chi connectivity index (χ1) is 8.67. The zero-order valence-electron chi connectivity index (χ0n) is 11.9. The number of nitrogens with zero attached hydrogens (tertiary/aromatic N) is 1. The minimum Gasteiger partial charge on any atom is -0.391 e. The Labute approximate surface area is 111 Å². The number of rotatable bonds is 6. The highest BCUT2D eigenvalue weighted by Gasteiger charge is 2.16. The molecule has 1 saturated carbocycles. The summed E-state index contributed by atoms with van der Waals surface area (Å²) in [4.78, 5) is 4.27. The first-order valence-electron chi connectivity index (χ1n) is 7.41. The number of nitrogens with one attached hydrogen (secondary N) is 1. The average Bonchev–Trinajstić information content (AvgIpc) is 2.39. The fourth-order valence-electron chi connectivity index (χ4n) is 2.68. The van der Waals surface area contributed by atoms with Crippen LogP contribution in [0, 0.1) is 5.92 Å². The number of nitrogens with two attached hydrogens (primary N) is 1. The van der Waals surface area contributed by atoms with Crippen molar-refractivity contribution in [1.82, 2.24) is 5.32 Å². The van der Waals surface area contributed by atoms with Crippen molar-refractivity contribution < 1.29 is 5.11 Å². The van der Waals surface area contributed by atoms with Crippen LogP contribution in [0.25, 0.3) is 0 Å². The van der Waals surface area contributed by atoms with Gasteiger partial charge in [-0.05, 0) is 18.8 Å². The smallest absolute Gasteiger partial charge is 0.188 e. The van der Waals surface area contributed by atoms with Gasteiger partial charge in [0, 0.05) is 6.04 Å². The van der Waals surface area contributed by atoms with E-state index in [-0.39, 0.29) is 6.10 Å². The molecule has 1 aliphatic carbocycles. The molecule has 4 N–H and O–H groups in total. The van der Waals surface area contributed by atoms with Crippen molar-refractivity contribution in [1.29, 1.82) is 0 Å². The molecule has 106 valence electrons. The number of guanidine groups is 1. The van der Waals surface area contributed by atoms with E-state index in [1.54, 1.807) is 0 Å². The first-order valence-corrected chi connectivity index (χ1v) is 7.41. The van der Waals surface area contributed by atoms with E-state index in [2.05, 4.69) is 24.2 Å². The monoisotopic (exact) mass is 255 g/mol. The first kappa shape index (κ1) is 15.3. The zero-order chi connectivity index (χ0) is 13.4. The second-order valence-electron chi connectivity index (χ2n) is 5.35. The van der Waals surface area contributed by atoms with Crippen molar-refractivity contribution in [3.05, 3.63) is 0 Å². The van der Waals surface area contributed by atoms with Crippen molar-refractivity contribution in [3.63, 3.8) is 0 Å². The molecule has 0 aromatic rings. The summed E-state index contributed by atoms with van der Waals surface area (Å²) >= 11 is 0. The maximum atomic E-state index is 9.97. The summed E-state index contributed by atoms with van der Waals surface area (Å²) in [6, 6.07) is 0.479. The van der Waals surface area contributed by atoms with Crippen LogP contribution < -0.4 is 11.1 Å². The fraction of sp³-hybridized carbons (Fsp3) is 0.929. The van der Waals surface area contributed by atoms with Gasteiger partial charge in [-0.1, -0.05) is 46.0 Å². The molecule has 0 heterocycles. The Balaban J connectivity index is 2.31. The summed E-state index contributed by atoms with van der Waals surface area (Å²) in [6.07, 6.45) is 7.88. The molecule has 18 heavy (non-hydrogen) atoms. The lowest BCUT2D eigenvalue weighted by Crippen LogP contribution is -2.41. The number of aliphatic hydroxyl groups excluding tert-OH is 1. The predicted octanol–water partition coefficient (Wildman–Crippen LogP) is 2.02. The lowest BCUT2D eigenvalue weighted by Gasteiger charge is -2.23. The Morgan fingerprint density at radius 1 is 1.28 bits per heavy atom. The molecule has 1 rings (SSSR count). The van der Waals surface area contributed by atoms with Crippen molar-refractivity contribution in [2.24, 2.45) is 16.6 Å². The summed E-state index contributed by atoms with van der Waals surface area (Å²) < 4.78 is 0. The maximum Gasteiger partial charge on any atom is 0.188 e. The molecule has 0 amide bonds. The van der Waals surface area contributed by atoms with Crippen molar-refractivity contribution in [3.8, 4) is 0 Å². The molecule has 0 spiro atoms. The molecule has 0 bridgehead atoms. The normalized spacial score (nSPS) is 20.1. The highest BCUT2D eigenvalue weighted by molar-refractivity contribution is 5.78. The lowest BCUT2D eigenvalue weighted by molar-refractivity contribution is 0.111. The predicted molar refractivity (Wildman–Crippen MR) is 76.6 cm³/mol. The van der Waals surface area contributed by atoms with Crippen LogP contribution in [-0.4, -0.2) is 29.8 Å². The molecule has 1 atom stereocenters. The van der Waals surface area contributed by atoms with Gasteiger partial charge in [0.2, 0.25) is 0 Å². The van der Waals surface area contributed by atoms with Gasteiger partial charge in [-0.3, -0.25) is 4.99 Å². The second-order valence-corrected chi connectivity index (χ2v) is 5.35. The molecular weight excluding hydrogens is 226 g/mol. The Morgan fingerprint density at radius 2 is 1.89 bits per heavy atom. The highest BCUT2D eigenvalue weighted by atomic mass is 16.3. The van der Waals surface area contributed by atoms with Crippen molar-refractivity contribution >= 4 is 5.96 Å². The van der Waals surface area contributed by atoms with Crippen molar-refractivity contribution in [2.75, 3.05) is 6.54 Å². The van der Waals surface area contributed by atoms with E-state index < -0.39 is 0 Å². The summed E-state index contributed by atoms with van der Waals surface area (Å²) in [5, 5.41) is 13.2. The van der Waals surface area contributed by atoms with Crippen LogP contribution in [-0.2, 0) is 0 Å². The molecule has 0 radical (unpaired) electrons. The Morgan fingerprint density at radius 3 is 2.44 bits per heavy atom. The number of aliphatic hydroxyl groups is 1. The number of hydrogen-bond acceptors (Lipinski definition) is 2. The van der Waals surface area contributed by atoms with E-state index in [1.165, 1.54) is 32.1 Å². The van der Waals surface area contributed by atoms with Gasteiger partial charge < -0.3 is 16.2 Å². The third-order valence-electron chi connectivity index (χ3n) is 4.00. The summed E-state index contributed by atoms with van der Waals surface area (Å²) in [5.74, 6) is 0.822. The van der Waals surface area contributed by atoms with E-state index in [9.17, 15) is 5.11 Å². The Bertz CT molecular complexity index is 245. The van der Waals surface area contributed by atoms with Gasteiger partial charge in [-0.15, -0.1) is 0 Å². The largest absolute Gasteiger partial charge is 0.391 e. The van der Waals surface area contributed by atoms with Crippen LogP contribution in [0.2, 0.25) is 0 Å². The Hall–Kier alpha value is -0.770. The van der Waals surface area contributed by atoms with Gasteiger partial charge in [0.15, 0.2) is 5.96 Å². The fourth-order valence-corrected chi connectivity index (χ4v) is 2.68. The minimum atomic E-state index is -0.369. The van der Waals surface area contributed by atoms with Crippen LogP contribution in [0.1, 0.15) is 58.8 Å². The zero-order valence-corrected chi connectivity index (χ0v) is 11.9. The molecule has 0 aromatic carbocycles. The molecule has 0 saturated heterocycles. The van der Waals surface area contributed by atoms with Crippen LogP contribution in [0.15, 0.2) is 4.99 Å². The van der Waals surface area contributed by atoms with E-state index >= 15 is 0 Å². The molecule has 1 unspecified atom stereocenters. The van der Waals surface area contributed by atoms with E-state index in [0.717, 1.165) is 12.8 Å². The van der Waals surface area contributed by atoms with Crippen molar-refractivity contribution in [2.45, 2.75) is 70.9 Å². The topological polar surface area (TPSA) is 70.6 Å². The molecule has 1 aliphatic rings. The van der Waals surface area contributed by atoms with Gasteiger partial charge in [-0.25, -0.2) is 0 Å². The van der Waals surface area contributed by atoms with Crippen LogP contribution in [0.5, 0.6) is 0 Å². The van der Waals surface area contributed by atoms with Gasteiger partial charge in [0.25, 0.3) is 0 Å². The SMILES string of the molecule is CCC(CC)C(O)CN=C(N)NC1CCCCC1. The lowest BCUT2D eigenvalue weighted by atomic mass is 9.96. The average molecular weight is 255 g/mol. The van der Waals surface area contributed by atoms with Gasteiger partial charge >= 0.3 is 0 Å². The molecular formula is C14H29N3O. The van der Waals surface area contributed by atoms with Gasteiger partial charge in [0.05, 0.1) is 12.6 Å². The van der Waals surface area contributed by atoms with E-state index in [1.807, 2.05) is 0 Å². The number of aliphatic imine (C=N–C) groups is 1. The molecule has 4 nitrogen and oxygen atoms in total. The minimum absolute atomic E-state index is 0.330. The van der Waals surface area contributed by atoms with Crippen LogP contribution >= 0.6 is 0 Å². The summed E-state index contributed by atoms with van der Waals surface area (Å²) in [6.45, 7) is 4.62. The van der Waals surface area contributed by atoms with E-state index in [4.69, 9.17) is 5.73 Å². The third kappa shape index (κ3) is 5.25. The summed E-state index contributed by atoms with van der Waals surface area (Å²) in [5.41, 5.74) is 5.86. The van der Waals surface area contributed by atoms with Crippen LogP contribution in [0.4, 0.5) is 0 Å². The molecule has 4 heteroatoms. The quantitative estimate of drug-likeness (QED) is 0.502. The molecule has 0 aliphatic heterocycles. The highest BCUT2D eigenvalue weighted by Crippen LogP contribution is 2.17. The van der Waals surface area contributed by atoms with Crippen LogP contribution in [0.3, 0.4) is 0 Å². The van der Waals surface area contributed by atoms with E-state index in [0.29, 0.717) is 24.5 Å². The standard InChI is InChI=1S/C14H29N3O/c1-3-11(4-2)13(18)10-16-14(15)17-12-8-6-5-7-9-12/h11-13,18H,3-10H2,1-2H3,(H3,15,16,17). The second kappa shape index (κ2) is 8.35. The van der Waals surface area contributed by atoms with Gasteiger partial charge in [0.1, 0.15) is 0 Å².